The van der Waals surface area contributed by atoms with E-state index in [-0.39, 0.29) is 11.5 Å². The van der Waals surface area contributed by atoms with Crippen molar-refractivity contribution in [2.45, 2.75) is 25.7 Å². The molecule has 0 bridgehead atoms. The summed E-state index contributed by atoms with van der Waals surface area (Å²) in [6.07, 6.45) is 2.08. The van der Waals surface area contributed by atoms with Crippen molar-refractivity contribution >= 4 is 5.78 Å². The van der Waals surface area contributed by atoms with Gasteiger partial charge in [-0.2, -0.15) is 4.39 Å². The molecule has 2 nitrogen and oxygen atoms in total. The Balaban J connectivity index is 2.36. The number of aromatic nitrogens is 1. The number of carbonyl (C=O) groups is 1. The average molecular weight is 179 g/mol. The van der Waals surface area contributed by atoms with Crippen LogP contribution in [0.1, 0.15) is 41.7 Å². The second-order valence-corrected chi connectivity index (χ2v) is 3.41. The number of rotatable bonds is 2. The van der Waals surface area contributed by atoms with Gasteiger partial charge in [0.1, 0.15) is 5.69 Å². The Labute approximate surface area is 75.8 Å². The molecule has 2 rings (SSSR count). The van der Waals surface area contributed by atoms with Gasteiger partial charge in [0.15, 0.2) is 5.78 Å². The zero-order valence-corrected chi connectivity index (χ0v) is 7.38. The topological polar surface area (TPSA) is 30.0 Å². The molecular formula is C10H10FNO. The average Bonchev–Trinajstić information content (AvgIpc) is 2.87. The van der Waals surface area contributed by atoms with Crippen molar-refractivity contribution in [3.63, 3.8) is 0 Å². The van der Waals surface area contributed by atoms with Gasteiger partial charge in [0, 0.05) is 12.5 Å². The van der Waals surface area contributed by atoms with E-state index in [2.05, 4.69) is 4.98 Å². The highest BCUT2D eigenvalue weighted by molar-refractivity contribution is 5.92. The number of carbonyl (C=O) groups excluding carboxylic acids is 1. The van der Waals surface area contributed by atoms with Crippen molar-refractivity contribution in [3.8, 4) is 0 Å². The normalized spacial score (nSPS) is 15.8. The molecule has 1 aromatic rings. The summed E-state index contributed by atoms with van der Waals surface area (Å²) in [5.74, 6) is -0.329. The molecule has 0 radical (unpaired) electrons. The van der Waals surface area contributed by atoms with Gasteiger partial charge in [-0.3, -0.25) is 4.79 Å². The minimum Gasteiger partial charge on any atom is -0.293 e. The number of pyridine rings is 1. The smallest absolute Gasteiger partial charge is 0.217 e. The molecule has 0 atom stereocenters. The van der Waals surface area contributed by atoms with Crippen molar-refractivity contribution in [2.75, 3.05) is 0 Å². The predicted molar refractivity (Wildman–Crippen MR) is 46.2 cm³/mol. The lowest BCUT2D eigenvalue weighted by molar-refractivity contribution is 0.101. The Morgan fingerprint density at radius 3 is 2.69 bits per heavy atom. The van der Waals surface area contributed by atoms with Crippen LogP contribution in [0.5, 0.6) is 0 Å². The molecule has 0 spiro atoms. The summed E-state index contributed by atoms with van der Waals surface area (Å²) in [6.45, 7) is 1.39. The summed E-state index contributed by atoms with van der Waals surface area (Å²) in [6, 6.07) is 3.27. The summed E-state index contributed by atoms with van der Waals surface area (Å²) in [4.78, 5) is 14.5. The first-order chi connectivity index (χ1) is 6.18. The second kappa shape index (κ2) is 2.91. The van der Waals surface area contributed by atoms with E-state index in [9.17, 15) is 9.18 Å². The van der Waals surface area contributed by atoms with E-state index >= 15 is 0 Å². The molecule has 1 aromatic heterocycles. The summed E-state index contributed by atoms with van der Waals surface area (Å²) < 4.78 is 13.2. The highest BCUT2D eigenvalue weighted by Crippen LogP contribution is 2.40. The largest absolute Gasteiger partial charge is 0.293 e. The number of halogens is 1. The lowest BCUT2D eigenvalue weighted by Gasteiger charge is -2.00. The van der Waals surface area contributed by atoms with Gasteiger partial charge in [-0.25, -0.2) is 4.98 Å². The van der Waals surface area contributed by atoms with Crippen molar-refractivity contribution in [1.29, 1.82) is 0 Å². The molecule has 0 saturated heterocycles. The van der Waals surface area contributed by atoms with Crippen molar-refractivity contribution in [3.05, 3.63) is 29.3 Å². The number of hydrogen-bond donors (Lipinski definition) is 0. The number of ketones is 1. The van der Waals surface area contributed by atoms with Gasteiger partial charge < -0.3 is 0 Å². The van der Waals surface area contributed by atoms with Gasteiger partial charge in [0.25, 0.3) is 0 Å². The SMILES string of the molecule is CC(=O)c1ccc(C2CC2)c(F)n1. The van der Waals surface area contributed by atoms with E-state index in [1.165, 1.54) is 6.92 Å². The fraction of sp³-hybridized carbons (Fsp3) is 0.400. The first kappa shape index (κ1) is 8.35. The number of hydrogen-bond acceptors (Lipinski definition) is 2. The molecule has 68 valence electrons. The maximum Gasteiger partial charge on any atom is 0.217 e. The third-order valence-electron chi connectivity index (χ3n) is 2.26. The van der Waals surface area contributed by atoms with Crippen molar-refractivity contribution in [1.82, 2.24) is 4.98 Å². The van der Waals surface area contributed by atoms with Gasteiger partial charge >= 0.3 is 0 Å². The molecule has 1 fully saturated rings. The fourth-order valence-corrected chi connectivity index (χ4v) is 1.34. The zero-order valence-electron chi connectivity index (χ0n) is 7.38. The lowest BCUT2D eigenvalue weighted by Crippen LogP contribution is -2.01. The Morgan fingerprint density at radius 1 is 1.54 bits per heavy atom. The molecular weight excluding hydrogens is 169 g/mol. The van der Waals surface area contributed by atoms with Gasteiger partial charge in [0.05, 0.1) is 0 Å². The van der Waals surface area contributed by atoms with E-state index in [4.69, 9.17) is 0 Å². The molecule has 3 heteroatoms. The van der Waals surface area contributed by atoms with E-state index in [0.29, 0.717) is 11.5 Å². The van der Waals surface area contributed by atoms with E-state index in [0.717, 1.165) is 12.8 Å². The quantitative estimate of drug-likeness (QED) is 0.515. The molecule has 1 aliphatic carbocycles. The minimum atomic E-state index is -0.477. The maximum absolute atomic E-state index is 13.2. The van der Waals surface area contributed by atoms with Crippen LogP contribution in [0.2, 0.25) is 0 Å². The Morgan fingerprint density at radius 2 is 2.23 bits per heavy atom. The Hall–Kier alpha value is -1.25. The van der Waals surface area contributed by atoms with Gasteiger partial charge in [-0.05, 0) is 24.8 Å². The highest BCUT2D eigenvalue weighted by atomic mass is 19.1. The standard InChI is InChI=1S/C10H10FNO/c1-6(13)9-5-4-8(7-2-3-7)10(11)12-9/h4-5,7H,2-3H2,1H3. The molecule has 1 aliphatic rings. The third-order valence-corrected chi connectivity index (χ3v) is 2.26. The number of nitrogens with zero attached hydrogens (tertiary/aromatic N) is 1. The number of Topliss-reactive ketones (excluding diaryl/α,β-unsaturated/α-hetero) is 1. The van der Waals surface area contributed by atoms with Gasteiger partial charge in [0.2, 0.25) is 5.95 Å². The fourth-order valence-electron chi connectivity index (χ4n) is 1.34. The predicted octanol–water partition coefficient (Wildman–Crippen LogP) is 2.30. The Bertz CT molecular complexity index is 358. The van der Waals surface area contributed by atoms with Crippen LogP contribution >= 0.6 is 0 Å². The molecule has 0 N–H and O–H groups in total. The van der Waals surface area contributed by atoms with Crippen LogP contribution in [0.4, 0.5) is 4.39 Å². The van der Waals surface area contributed by atoms with E-state index in [1.54, 1.807) is 12.1 Å². The summed E-state index contributed by atoms with van der Waals surface area (Å²) >= 11 is 0. The van der Waals surface area contributed by atoms with Crippen LogP contribution in [0, 0.1) is 5.95 Å². The molecule has 1 saturated carbocycles. The van der Waals surface area contributed by atoms with Crippen LogP contribution < -0.4 is 0 Å². The van der Waals surface area contributed by atoms with E-state index in [1.807, 2.05) is 0 Å². The van der Waals surface area contributed by atoms with Crippen LogP contribution in [0.15, 0.2) is 12.1 Å². The van der Waals surface area contributed by atoms with Crippen molar-refractivity contribution < 1.29 is 9.18 Å². The molecule has 0 aliphatic heterocycles. The molecule has 0 aromatic carbocycles. The van der Waals surface area contributed by atoms with Crippen LogP contribution in [0.25, 0.3) is 0 Å². The van der Waals surface area contributed by atoms with Crippen LogP contribution in [-0.4, -0.2) is 10.8 Å². The van der Waals surface area contributed by atoms with Crippen LogP contribution in [-0.2, 0) is 0 Å². The molecule has 13 heavy (non-hydrogen) atoms. The molecule has 0 amide bonds. The molecule has 1 heterocycles. The zero-order chi connectivity index (χ0) is 9.42. The second-order valence-electron chi connectivity index (χ2n) is 3.41. The highest BCUT2D eigenvalue weighted by Gasteiger charge is 2.27. The monoisotopic (exact) mass is 179 g/mol. The van der Waals surface area contributed by atoms with Gasteiger partial charge in [-0.15, -0.1) is 0 Å². The first-order valence-electron chi connectivity index (χ1n) is 4.36. The Kier molecular flexibility index (Phi) is 1.87. The van der Waals surface area contributed by atoms with Crippen molar-refractivity contribution in [2.24, 2.45) is 0 Å². The van der Waals surface area contributed by atoms with Gasteiger partial charge in [-0.1, -0.05) is 6.07 Å². The summed E-state index contributed by atoms with van der Waals surface area (Å²) in [7, 11) is 0. The third kappa shape index (κ3) is 1.59. The first-order valence-corrected chi connectivity index (χ1v) is 4.36. The van der Waals surface area contributed by atoms with Crippen LogP contribution in [0.3, 0.4) is 0 Å². The summed E-state index contributed by atoms with van der Waals surface area (Å²) in [5, 5.41) is 0. The lowest BCUT2D eigenvalue weighted by atomic mass is 10.1. The minimum absolute atomic E-state index is 0.193. The van der Waals surface area contributed by atoms with E-state index < -0.39 is 5.95 Å². The summed E-state index contributed by atoms with van der Waals surface area (Å²) in [5.41, 5.74) is 0.868. The maximum atomic E-state index is 13.2. The molecule has 0 unspecified atom stereocenters.